The Labute approximate surface area is 130 Å². The Balaban J connectivity index is 1.52. The van der Waals surface area contributed by atoms with E-state index >= 15 is 0 Å². The summed E-state index contributed by atoms with van der Waals surface area (Å²) in [7, 11) is 0. The predicted octanol–water partition coefficient (Wildman–Crippen LogP) is 3.14. The van der Waals surface area contributed by atoms with Gasteiger partial charge in [-0.3, -0.25) is 4.79 Å². The Kier molecular flexibility index (Phi) is 4.32. The quantitative estimate of drug-likeness (QED) is 0.842. The van der Waals surface area contributed by atoms with Gasteiger partial charge in [0.1, 0.15) is 0 Å². The van der Waals surface area contributed by atoms with Crippen LogP contribution in [0.5, 0.6) is 0 Å². The molecule has 0 bridgehead atoms. The van der Waals surface area contributed by atoms with Crippen LogP contribution in [-0.4, -0.2) is 24.0 Å². The highest BCUT2D eigenvalue weighted by molar-refractivity contribution is 6.30. The maximum Gasteiger partial charge on any atom is 0.244 e. The first-order chi connectivity index (χ1) is 10.2. The highest BCUT2D eigenvalue weighted by Gasteiger charge is 2.40. The standard InChI is InChI=1S/C17H21ClN2O/c18-14-5-2-13(3-6-14)4-7-16(21)20-15-8-11-19-17(12-15)9-1-10-17/h2-7,15,19H,1,8-12H2,(H,20,21)/b7-4+. The summed E-state index contributed by atoms with van der Waals surface area (Å²) in [5.41, 5.74) is 1.30. The molecule has 3 rings (SSSR count). The Morgan fingerprint density at radius 3 is 2.76 bits per heavy atom. The number of piperidine rings is 1. The van der Waals surface area contributed by atoms with Gasteiger partial charge in [0, 0.05) is 22.7 Å². The van der Waals surface area contributed by atoms with E-state index in [4.69, 9.17) is 11.6 Å². The fraction of sp³-hybridized carbons (Fsp3) is 0.471. The van der Waals surface area contributed by atoms with Crippen molar-refractivity contribution >= 4 is 23.6 Å². The van der Waals surface area contributed by atoms with E-state index in [9.17, 15) is 4.79 Å². The Morgan fingerprint density at radius 1 is 1.33 bits per heavy atom. The number of hydrogen-bond donors (Lipinski definition) is 2. The highest BCUT2D eigenvalue weighted by atomic mass is 35.5. The lowest BCUT2D eigenvalue weighted by atomic mass is 9.70. The predicted molar refractivity (Wildman–Crippen MR) is 86.2 cm³/mol. The first-order valence-corrected chi connectivity index (χ1v) is 8.02. The third kappa shape index (κ3) is 3.66. The minimum Gasteiger partial charge on any atom is -0.350 e. The second-order valence-corrected chi connectivity index (χ2v) is 6.58. The lowest BCUT2D eigenvalue weighted by Crippen LogP contribution is -2.59. The summed E-state index contributed by atoms with van der Waals surface area (Å²) < 4.78 is 0. The smallest absolute Gasteiger partial charge is 0.244 e. The maximum absolute atomic E-state index is 12.0. The first-order valence-electron chi connectivity index (χ1n) is 7.64. The molecule has 1 heterocycles. The molecule has 2 fully saturated rings. The van der Waals surface area contributed by atoms with Crippen molar-refractivity contribution in [3.63, 3.8) is 0 Å². The summed E-state index contributed by atoms with van der Waals surface area (Å²) in [6, 6.07) is 7.76. The van der Waals surface area contributed by atoms with Gasteiger partial charge in [0.25, 0.3) is 0 Å². The van der Waals surface area contributed by atoms with E-state index in [0.29, 0.717) is 16.6 Å². The molecule has 2 N–H and O–H groups in total. The third-order valence-corrected chi connectivity index (χ3v) is 4.84. The molecule has 1 aliphatic carbocycles. The molecular weight excluding hydrogens is 284 g/mol. The van der Waals surface area contributed by atoms with Gasteiger partial charge >= 0.3 is 0 Å². The van der Waals surface area contributed by atoms with E-state index in [1.165, 1.54) is 19.3 Å². The van der Waals surface area contributed by atoms with Crippen LogP contribution in [0.1, 0.15) is 37.7 Å². The molecule has 0 radical (unpaired) electrons. The van der Waals surface area contributed by atoms with Crippen LogP contribution in [0.3, 0.4) is 0 Å². The van der Waals surface area contributed by atoms with Crippen LogP contribution in [0.2, 0.25) is 5.02 Å². The van der Waals surface area contributed by atoms with Crippen molar-refractivity contribution in [1.29, 1.82) is 0 Å². The van der Waals surface area contributed by atoms with Crippen molar-refractivity contribution in [3.8, 4) is 0 Å². The van der Waals surface area contributed by atoms with Gasteiger partial charge in [-0.05, 0) is 62.4 Å². The number of benzene rings is 1. The van der Waals surface area contributed by atoms with Crippen LogP contribution >= 0.6 is 11.6 Å². The van der Waals surface area contributed by atoms with Crippen molar-refractivity contribution in [2.24, 2.45) is 0 Å². The molecule has 4 heteroatoms. The van der Waals surface area contributed by atoms with E-state index < -0.39 is 0 Å². The minimum absolute atomic E-state index is 0.00803. The molecule has 1 aromatic rings. The number of rotatable bonds is 3. The van der Waals surface area contributed by atoms with Crippen molar-refractivity contribution in [2.75, 3.05) is 6.54 Å². The van der Waals surface area contributed by atoms with Gasteiger partial charge in [0.15, 0.2) is 0 Å². The molecule has 1 saturated carbocycles. The lowest BCUT2D eigenvalue weighted by Gasteiger charge is -2.48. The largest absolute Gasteiger partial charge is 0.350 e. The summed E-state index contributed by atoms with van der Waals surface area (Å²) in [6.45, 7) is 1.01. The number of halogens is 1. The van der Waals surface area contributed by atoms with Crippen molar-refractivity contribution < 1.29 is 4.79 Å². The van der Waals surface area contributed by atoms with E-state index in [2.05, 4.69) is 10.6 Å². The van der Waals surface area contributed by atoms with Crippen molar-refractivity contribution in [3.05, 3.63) is 40.9 Å². The zero-order valence-corrected chi connectivity index (χ0v) is 12.8. The molecule has 1 aliphatic heterocycles. The van der Waals surface area contributed by atoms with E-state index in [1.807, 2.05) is 30.3 Å². The fourth-order valence-electron chi connectivity index (χ4n) is 3.26. The number of nitrogens with one attached hydrogen (secondary N) is 2. The summed E-state index contributed by atoms with van der Waals surface area (Å²) >= 11 is 5.84. The molecule has 112 valence electrons. The van der Waals surface area contributed by atoms with Crippen molar-refractivity contribution in [1.82, 2.24) is 10.6 Å². The van der Waals surface area contributed by atoms with Crippen LogP contribution in [0.25, 0.3) is 6.08 Å². The van der Waals surface area contributed by atoms with Crippen molar-refractivity contribution in [2.45, 2.75) is 43.7 Å². The molecule has 1 amide bonds. The number of hydrogen-bond acceptors (Lipinski definition) is 2. The topological polar surface area (TPSA) is 41.1 Å². The monoisotopic (exact) mass is 304 g/mol. The average Bonchev–Trinajstić information content (AvgIpc) is 2.45. The van der Waals surface area contributed by atoms with Crippen LogP contribution in [0.15, 0.2) is 30.3 Å². The second kappa shape index (κ2) is 6.20. The number of carbonyl (C=O) groups excluding carboxylic acids is 1. The van der Waals surface area contributed by atoms with Gasteiger partial charge in [-0.1, -0.05) is 23.7 Å². The first kappa shape index (κ1) is 14.6. The zero-order chi connectivity index (χ0) is 14.7. The number of carbonyl (C=O) groups is 1. The Bertz CT molecular complexity index is 534. The Morgan fingerprint density at radius 2 is 2.10 bits per heavy atom. The van der Waals surface area contributed by atoms with Crippen LogP contribution in [0.4, 0.5) is 0 Å². The molecule has 1 spiro atoms. The normalized spacial score (nSPS) is 24.0. The molecule has 1 atom stereocenters. The summed E-state index contributed by atoms with van der Waals surface area (Å²) in [6.07, 6.45) is 9.32. The van der Waals surface area contributed by atoms with Crippen LogP contribution < -0.4 is 10.6 Å². The van der Waals surface area contributed by atoms with Gasteiger partial charge in [0.05, 0.1) is 0 Å². The highest BCUT2D eigenvalue weighted by Crippen LogP contribution is 2.38. The van der Waals surface area contributed by atoms with Gasteiger partial charge in [-0.2, -0.15) is 0 Å². The summed E-state index contributed by atoms with van der Waals surface area (Å²) in [5, 5.41) is 7.45. The zero-order valence-electron chi connectivity index (χ0n) is 12.1. The van der Waals surface area contributed by atoms with Gasteiger partial charge in [0.2, 0.25) is 5.91 Å². The van der Waals surface area contributed by atoms with Gasteiger partial charge < -0.3 is 10.6 Å². The molecule has 1 unspecified atom stereocenters. The number of amides is 1. The molecule has 0 aromatic heterocycles. The molecule has 1 aromatic carbocycles. The third-order valence-electron chi connectivity index (χ3n) is 4.58. The van der Waals surface area contributed by atoms with E-state index in [-0.39, 0.29) is 5.91 Å². The lowest BCUT2D eigenvalue weighted by molar-refractivity contribution is -0.117. The minimum atomic E-state index is -0.00803. The molecular formula is C17H21ClN2O. The summed E-state index contributed by atoms with van der Waals surface area (Å²) in [5.74, 6) is -0.00803. The molecule has 3 nitrogen and oxygen atoms in total. The molecule has 2 aliphatic rings. The SMILES string of the molecule is O=C(/C=C/c1ccc(Cl)cc1)NC1CCNC2(CCC2)C1. The second-order valence-electron chi connectivity index (χ2n) is 6.14. The summed E-state index contributed by atoms with van der Waals surface area (Å²) in [4.78, 5) is 12.0. The fourth-order valence-corrected chi connectivity index (χ4v) is 3.39. The van der Waals surface area contributed by atoms with Gasteiger partial charge in [-0.25, -0.2) is 0 Å². The van der Waals surface area contributed by atoms with E-state index in [1.54, 1.807) is 6.08 Å². The van der Waals surface area contributed by atoms with Crippen LogP contribution in [0, 0.1) is 0 Å². The maximum atomic E-state index is 12.0. The van der Waals surface area contributed by atoms with Crippen LogP contribution in [-0.2, 0) is 4.79 Å². The average molecular weight is 305 g/mol. The molecule has 21 heavy (non-hydrogen) atoms. The Hall–Kier alpha value is -1.32. The molecule has 1 saturated heterocycles. The van der Waals surface area contributed by atoms with Gasteiger partial charge in [-0.15, -0.1) is 0 Å². The van der Waals surface area contributed by atoms with E-state index in [0.717, 1.165) is 24.9 Å².